The molecule has 0 aromatic heterocycles. The van der Waals surface area contributed by atoms with Crippen LogP contribution in [0.2, 0.25) is 0 Å². The molecule has 1 saturated heterocycles. The van der Waals surface area contributed by atoms with Gasteiger partial charge >= 0.3 is 5.97 Å². The zero-order valence-corrected chi connectivity index (χ0v) is 6.02. The topological polar surface area (TPSA) is 77.8 Å². The first-order valence-electron chi connectivity index (χ1n) is 3.21. The first kappa shape index (κ1) is 8.00. The van der Waals surface area contributed by atoms with E-state index < -0.39 is 24.0 Å². The van der Waals surface area contributed by atoms with Crippen molar-refractivity contribution in [2.75, 3.05) is 7.05 Å². The molecule has 0 unspecified atom stereocenters. The number of nitrogens with zero attached hydrogens (tertiary/aromatic N) is 1. The molecule has 2 N–H and O–H groups in total. The van der Waals surface area contributed by atoms with Gasteiger partial charge in [-0.1, -0.05) is 0 Å². The van der Waals surface area contributed by atoms with E-state index in [0.29, 0.717) is 0 Å². The minimum Gasteiger partial charge on any atom is -0.480 e. The van der Waals surface area contributed by atoms with Crippen molar-refractivity contribution in [3.8, 4) is 0 Å². The number of carbonyl (C=O) groups excluding carboxylic acids is 1. The molecule has 5 heteroatoms. The van der Waals surface area contributed by atoms with E-state index in [1.165, 1.54) is 7.05 Å². The average molecular weight is 159 g/mol. The first-order chi connectivity index (χ1) is 5.04. The normalized spacial score (nSPS) is 31.1. The first-order valence-corrected chi connectivity index (χ1v) is 3.21. The fourth-order valence-electron chi connectivity index (χ4n) is 1.13. The number of carboxylic acids is 1. The summed E-state index contributed by atoms with van der Waals surface area (Å²) >= 11 is 0. The zero-order chi connectivity index (χ0) is 8.59. The second kappa shape index (κ2) is 2.50. The van der Waals surface area contributed by atoms with Gasteiger partial charge in [-0.05, 0) is 0 Å². The predicted octanol–water partition coefficient (Wildman–Crippen LogP) is -1.34. The van der Waals surface area contributed by atoms with Crippen molar-refractivity contribution >= 4 is 11.9 Å². The third-order valence-corrected chi connectivity index (χ3v) is 1.83. The molecule has 0 spiro atoms. The lowest BCUT2D eigenvalue weighted by Crippen LogP contribution is -2.35. The van der Waals surface area contributed by atoms with Gasteiger partial charge in [0.1, 0.15) is 12.1 Å². The number of carbonyl (C=O) groups is 2. The van der Waals surface area contributed by atoms with Crippen molar-refractivity contribution in [3.05, 3.63) is 0 Å². The summed E-state index contributed by atoms with van der Waals surface area (Å²) in [5.74, 6) is -1.59. The molecule has 62 valence electrons. The number of aliphatic hydroxyl groups is 1. The maximum Gasteiger partial charge on any atom is 0.326 e. The molecule has 1 rings (SSSR count). The highest BCUT2D eigenvalue weighted by atomic mass is 16.4. The molecule has 1 amide bonds. The van der Waals surface area contributed by atoms with E-state index in [-0.39, 0.29) is 6.42 Å². The van der Waals surface area contributed by atoms with Gasteiger partial charge in [-0.3, -0.25) is 4.79 Å². The van der Waals surface area contributed by atoms with Crippen LogP contribution < -0.4 is 0 Å². The number of aliphatic hydroxyl groups excluding tert-OH is 1. The minimum absolute atomic E-state index is 0.00926. The Hall–Kier alpha value is -1.10. The van der Waals surface area contributed by atoms with E-state index in [1.807, 2.05) is 0 Å². The zero-order valence-electron chi connectivity index (χ0n) is 6.02. The Morgan fingerprint density at radius 3 is 2.45 bits per heavy atom. The number of aliphatic carboxylic acids is 1. The van der Waals surface area contributed by atoms with Crippen LogP contribution in [0.1, 0.15) is 6.42 Å². The van der Waals surface area contributed by atoms with Crippen molar-refractivity contribution in [1.29, 1.82) is 0 Å². The van der Waals surface area contributed by atoms with Gasteiger partial charge in [-0.2, -0.15) is 0 Å². The molecule has 0 saturated carbocycles. The summed E-state index contributed by atoms with van der Waals surface area (Å²) in [6.07, 6.45) is -1.15. The van der Waals surface area contributed by atoms with E-state index in [0.717, 1.165) is 4.90 Å². The van der Waals surface area contributed by atoms with Gasteiger partial charge in [0, 0.05) is 13.5 Å². The molecule has 0 aliphatic carbocycles. The summed E-state index contributed by atoms with van der Waals surface area (Å²) in [5.41, 5.74) is 0. The van der Waals surface area contributed by atoms with Crippen LogP contribution >= 0.6 is 0 Å². The summed E-state index contributed by atoms with van der Waals surface area (Å²) in [5, 5.41) is 17.4. The van der Waals surface area contributed by atoms with Crippen LogP contribution in [0.4, 0.5) is 0 Å². The maximum atomic E-state index is 10.8. The van der Waals surface area contributed by atoms with Gasteiger partial charge in [0.2, 0.25) is 0 Å². The van der Waals surface area contributed by atoms with Crippen molar-refractivity contribution < 1.29 is 19.8 Å². The van der Waals surface area contributed by atoms with Gasteiger partial charge in [0.05, 0.1) is 0 Å². The molecule has 1 aliphatic heterocycles. The Bertz CT molecular complexity index is 203. The molecule has 1 fully saturated rings. The summed E-state index contributed by atoms with van der Waals surface area (Å²) < 4.78 is 0. The molecule has 0 bridgehead atoms. The minimum atomic E-state index is -1.14. The number of likely N-dealkylation sites (tertiary alicyclic amines) is 1. The second-order valence-electron chi connectivity index (χ2n) is 2.55. The van der Waals surface area contributed by atoms with Gasteiger partial charge < -0.3 is 15.1 Å². The molecular formula is C6H9NO4. The molecular weight excluding hydrogens is 150 g/mol. The molecule has 0 aromatic carbocycles. The van der Waals surface area contributed by atoms with Crippen LogP contribution in [-0.4, -0.2) is 46.2 Å². The van der Waals surface area contributed by atoms with Crippen molar-refractivity contribution in [2.24, 2.45) is 0 Å². The van der Waals surface area contributed by atoms with Crippen LogP contribution in [0, 0.1) is 0 Å². The van der Waals surface area contributed by atoms with Gasteiger partial charge in [0.25, 0.3) is 5.91 Å². The van der Waals surface area contributed by atoms with Gasteiger partial charge in [-0.15, -0.1) is 0 Å². The predicted molar refractivity (Wildman–Crippen MR) is 34.8 cm³/mol. The van der Waals surface area contributed by atoms with Crippen LogP contribution in [0.3, 0.4) is 0 Å². The van der Waals surface area contributed by atoms with Gasteiger partial charge in [0.15, 0.2) is 0 Å². The number of hydrogen-bond acceptors (Lipinski definition) is 3. The Kier molecular flexibility index (Phi) is 1.82. The number of hydrogen-bond donors (Lipinski definition) is 2. The Labute approximate surface area is 63.2 Å². The molecule has 0 radical (unpaired) electrons. The quantitative estimate of drug-likeness (QED) is 0.496. The monoisotopic (exact) mass is 159 g/mol. The van der Waals surface area contributed by atoms with Crippen LogP contribution in [0.15, 0.2) is 0 Å². The average Bonchev–Trinajstić information content (AvgIpc) is 2.17. The van der Waals surface area contributed by atoms with Crippen molar-refractivity contribution in [1.82, 2.24) is 4.90 Å². The smallest absolute Gasteiger partial charge is 0.326 e. The Morgan fingerprint density at radius 2 is 2.27 bits per heavy atom. The van der Waals surface area contributed by atoms with E-state index in [4.69, 9.17) is 10.2 Å². The van der Waals surface area contributed by atoms with Crippen LogP contribution in [-0.2, 0) is 9.59 Å². The molecule has 1 heterocycles. The summed E-state index contributed by atoms with van der Waals surface area (Å²) in [4.78, 5) is 22.3. The number of amides is 1. The second-order valence-corrected chi connectivity index (χ2v) is 2.55. The lowest BCUT2D eigenvalue weighted by Gasteiger charge is -2.13. The van der Waals surface area contributed by atoms with E-state index in [1.54, 1.807) is 0 Å². The summed E-state index contributed by atoms with van der Waals surface area (Å²) in [6, 6.07) is -0.863. The highest BCUT2D eigenvalue weighted by molar-refractivity contribution is 5.90. The third kappa shape index (κ3) is 1.19. The molecule has 0 aromatic rings. The Morgan fingerprint density at radius 1 is 1.73 bits per heavy atom. The lowest BCUT2D eigenvalue weighted by atomic mass is 10.2. The summed E-state index contributed by atoms with van der Waals surface area (Å²) in [7, 11) is 1.37. The Balaban J connectivity index is 2.75. The fraction of sp³-hybridized carbons (Fsp3) is 0.667. The number of likely N-dealkylation sites (N-methyl/N-ethyl adjacent to an activating group) is 1. The maximum absolute atomic E-state index is 10.8. The number of carboxylic acid groups (broad SMARTS) is 1. The van der Waals surface area contributed by atoms with Crippen molar-refractivity contribution in [2.45, 2.75) is 18.6 Å². The molecule has 1 aliphatic rings. The molecule has 2 atom stereocenters. The highest BCUT2D eigenvalue weighted by Crippen LogP contribution is 2.16. The lowest BCUT2D eigenvalue weighted by molar-refractivity contribution is -0.145. The summed E-state index contributed by atoms with van der Waals surface area (Å²) in [6.45, 7) is 0. The van der Waals surface area contributed by atoms with E-state index in [9.17, 15) is 9.59 Å². The largest absolute Gasteiger partial charge is 0.480 e. The van der Waals surface area contributed by atoms with E-state index in [2.05, 4.69) is 0 Å². The van der Waals surface area contributed by atoms with Crippen LogP contribution in [0.5, 0.6) is 0 Å². The fourth-order valence-corrected chi connectivity index (χ4v) is 1.13. The third-order valence-electron chi connectivity index (χ3n) is 1.83. The highest BCUT2D eigenvalue weighted by Gasteiger charge is 2.39. The number of rotatable bonds is 1. The van der Waals surface area contributed by atoms with E-state index >= 15 is 0 Å². The molecule has 11 heavy (non-hydrogen) atoms. The molecule has 5 nitrogen and oxygen atoms in total. The van der Waals surface area contributed by atoms with Crippen molar-refractivity contribution in [3.63, 3.8) is 0 Å². The van der Waals surface area contributed by atoms with Crippen LogP contribution in [0.25, 0.3) is 0 Å². The SMILES string of the molecule is CN1C(=O)[C@@H](O)C[C@H]1C(=O)O. The van der Waals surface area contributed by atoms with Gasteiger partial charge in [-0.25, -0.2) is 4.79 Å². The standard InChI is InChI=1S/C6H9NO4/c1-7-3(6(10)11)2-4(8)5(7)9/h3-4,8H,2H2,1H3,(H,10,11)/t3-,4-/m0/s1.